The molecular weight excluding hydrogens is 435 g/mol. The van der Waals surface area contributed by atoms with Crippen LogP contribution in [0.15, 0.2) is 83.8 Å². The summed E-state index contributed by atoms with van der Waals surface area (Å²) in [6.45, 7) is 0. The van der Waals surface area contributed by atoms with E-state index in [1.54, 1.807) is 36.4 Å². The van der Waals surface area contributed by atoms with Gasteiger partial charge in [-0.2, -0.15) is 0 Å². The summed E-state index contributed by atoms with van der Waals surface area (Å²) in [5, 5.41) is 4.09. The lowest BCUT2D eigenvalue weighted by atomic mass is 9.77. The molecule has 31 heavy (non-hydrogen) atoms. The van der Waals surface area contributed by atoms with Crippen molar-refractivity contribution < 1.29 is 12.8 Å². The van der Waals surface area contributed by atoms with Crippen LogP contribution in [0.1, 0.15) is 29.5 Å². The van der Waals surface area contributed by atoms with E-state index in [0.29, 0.717) is 10.7 Å². The number of rotatable bonds is 4. The average Bonchev–Trinajstić information content (AvgIpc) is 3.25. The minimum atomic E-state index is -3.75. The van der Waals surface area contributed by atoms with Crippen LogP contribution in [0.25, 0.3) is 0 Å². The third kappa shape index (κ3) is 3.82. The van der Waals surface area contributed by atoms with Crippen molar-refractivity contribution in [3.8, 4) is 0 Å². The smallest absolute Gasteiger partial charge is 0.261 e. The fourth-order valence-electron chi connectivity index (χ4n) is 4.47. The van der Waals surface area contributed by atoms with E-state index in [1.807, 2.05) is 18.2 Å². The Kier molecular flexibility index (Phi) is 4.99. The number of benzene rings is 3. The molecule has 0 aromatic heterocycles. The van der Waals surface area contributed by atoms with Gasteiger partial charge in [0.05, 0.1) is 10.9 Å². The molecule has 0 unspecified atom stereocenters. The second kappa shape index (κ2) is 7.70. The molecule has 0 radical (unpaired) electrons. The van der Waals surface area contributed by atoms with Crippen molar-refractivity contribution in [2.75, 3.05) is 10.0 Å². The summed E-state index contributed by atoms with van der Waals surface area (Å²) in [5.74, 6) is 0.0706. The fourth-order valence-corrected chi connectivity index (χ4v) is 5.69. The Morgan fingerprint density at radius 1 is 1.00 bits per heavy atom. The summed E-state index contributed by atoms with van der Waals surface area (Å²) in [7, 11) is -3.75. The highest BCUT2D eigenvalue weighted by atomic mass is 35.5. The molecule has 3 aromatic rings. The van der Waals surface area contributed by atoms with Crippen LogP contribution in [-0.2, 0) is 10.0 Å². The summed E-state index contributed by atoms with van der Waals surface area (Å²) >= 11 is 5.89. The van der Waals surface area contributed by atoms with Crippen LogP contribution in [0.4, 0.5) is 15.8 Å². The van der Waals surface area contributed by atoms with Gasteiger partial charge in [0, 0.05) is 22.3 Å². The van der Waals surface area contributed by atoms with Crippen LogP contribution in [0.5, 0.6) is 0 Å². The van der Waals surface area contributed by atoms with Crippen molar-refractivity contribution >= 4 is 33.0 Å². The molecule has 2 N–H and O–H groups in total. The van der Waals surface area contributed by atoms with Crippen molar-refractivity contribution in [2.45, 2.75) is 23.3 Å². The van der Waals surface area contributed by atoms with E-state index in [0.717, 1.165) is 23.2 Å². The standard InChI is InChI=1S/C24H20ClFN2O2S/c25-16-6-10-18(11-7-16)28-31(29,30)19-12-13-23-22(14-19)20-2-1-3-21(20)24(27-23)15-4-8-17(26)9-5-15/h1-2,4-14,20-21,24,27-28H,3H2/t20-,21+,24+/m0/s1. The molecule has 0 bridgehead atoms. The Bertz CT molecular complexity index is 1260. The third-order valence-corrected chi connectivity index (χ3v) is 7.60. The third-order valence-electron chi connectivity index (χ3n) is 5.97. The molecule has 0 spiro atoms. The van der Waals surface area contributed by atoms with Crippen molar-refractivity contribution in [2.24, 2.45) is 5.92 Å². The van der Waals surface area contributed by atoms with Gasteiger partial charge in [0.25, 0.3) is 10.0 Å². The molecule has 3 atom stereocenters. The van der Waals surface area contributed by atoms with Gasteiger partial charge in [-0.1, -0.05) is 35.9 Å². The Morgan fingerprint density at radius 3 is 2.48 bits per heavy atom. The maximum absolute atomic E-state index is 13.4. The van der Waals surface area contributed by atoms with Crippen molar-refractivity contribution in [3.63, 3.8) is 0 Å². The van der Waals surface area contributed by atoms with Crippen LogP contribution < -0.4 is 10.0 Å². The zero-order valence-corrected chi connectivity index (χ0v) is 18.0. The molecule has 0 saturated heterocycles. The zero-order chi connectivity index (χ0) is 21.6. The van der Waals surface area contributed by atoms with E-state index in [9.17, 15) is 12.8 Å². The second-order valence-electron chi connectivity index (χ2n) is 7.89. The molecule has 5 rings (SSSR count). The summed E-state index contributed by atoms with van der Waals surface area (Å²) in [5.41, 5.74) is 3.32. The van der Waals surface area contributed by atoms with E-state index >= 15 is 0 Å². The van der Waals surface area contributed by atoms with Gasteiger partial charge in [0.15, 0.2) is 0 Å². The Balaban J connectivity index is 1.48. The minimum Gasteiger partial charge on any atom is -0.378 e. The van der Waals surface area contributed by atoms with Crippen molar-refractivity contribution in [1.82, 2.24) is 0 Å². The fraction of sp³-hybridized carbons (Fsp3) is 0.167. The molecule has 4 nitrogen and oxygen atoms in total. The van der Waals surface area contributed by atoms with E-state index in [1.165, 1.54) is 12.1 Å². The van der Waals surface area contributed by atoms with Crippen LogP contribution in [0, 0.1) is 11.7 Å². The van der Waals surface area contributed by atoms with Gasteiger partial charge in [0.1, 0.15) is 5.82 Å². The van der Waals surface area contributed by atoms with Gasteiger partial charge in [-0.15, -0.1) is 0 Å². The van der Waals surface area contributed by atoms with Gasteiger partial charge in [-0.3, -0.25) is 4.72 Å². The normalized spacial score (nSPS) is 21.8. The van der Waals surface area contributed by atoms with E-state index in [-0.39, 0.29) is 28.6 Å². The van der Waals surface area contributed by atoms with Gasteiger partial charge in [-0.05, 0) is 78.1 Å². The molecule has 0 fully saturated rings. The maximum atomic E-state index is 13.4. The van der Waals surface area contributed by atoms with E-state index in [2.05, 4.69) is 22.2 Å². The largest absolute Gasteiger partial charge is 0.378 e. The molecule has 2 aliphatic rings. The Labute approximate surface area is 185 Å². The summed E-state index contributed by atoms with van der Waals surface area (Å²) in [6.07, 6.45) is 5.15. The van der Waals surface area contributed by atoms with Crippen molar-refractivity contribution in [1.29, 1.82) is 0 Å². The van der Waals surface area contributed by atoms with Gasteiger partial charge < -0.3 is 5.32 Å². The number of hydrogen-bond donors (Lipinski definition) is 2. The summed E-state index contributed by atoms with van der Waals surface area (Å²) in [4.78, 5) is 0.210. The van der Waals surface area contributed by atoms with Gasteiger partial charge in [0.2, 0.25) is 0 Å². The Morgan fingerprint density at radius 2 is 1.74 bits per heavy atom. The SMILES string of the molecule is O=S(=O)(Nc1ccc(Cl)cc1)c1ccc2c(c1)[C@H]1C=CC[C@H]1[C@@H](c1ccc(F)cc1)N2. The number of fused-ring (bicyclic) bond motifs is 3. The molecule has 0 saturated carbocycles. The highest BCUT2D eigenvalue weighted by Gasteiger charge is 2.38. The van der Waals surface area contributed by atoms with Crippen LogP contribution in [0.3, 0.4) is 0 Å². The van der Waals surface area contributed by atoms with Crippen LogP contribution >= 0.6 is 11.6 Å². The first kappa shape index (κ1) is 20.1. The number of nitrogens with one attached hydrogen (secondary N) is 2. The summed E-state index contributed by atoms with van der Waals surface area (Å²) in [6, 6.07) is 18.3. The lowest BCUT2D eigenvalue weighted by Gasteiger charge is -2.37. The van der Waals surface area contributed by atoms with Gasteiger partial charge >= 0.3 is 0 Å². The molecule has 0 amide bonds. The Hall–Kier alpha value is -2.83. The molecule has 1 heterocycles. The molecule has 158 valence electrons. The second-order valence-corrected chi connectivity index (χ2v) is 10.0. The number of sulfonamides is 1. The first-order chi connectivity index (χ1) is 14.9. The highest BCUT2D eigenvalue weighted by molar-refractivity contribution is 7.92. The predicted molar refractivity (Wildman–Crippen MR) is 121 cm³/mol. The number of hydrogen-bond acceptors (Lipinski definition) is 3. The number of allylic oxidation sites excluding steroid dienone is 2. The van der Waals surface area contributed by atoms with E-state index in [4.69, 9.17) is 11.6 Å². The number of anilines is 2. The quantitative estimate of drug-likeness (QED) is 0.468. The summed E-state index contributed by atoms with van der Waals surface area (Å²) < 4.78 is 41.9. The first-order valence-corrected chi connectivity index (χ1v) is 11.9. The average molecular weight is 455 g/mol. The lowest BCUT2D eigenvalue weighted by molar-refractivity contribution is 0.424. The topological polar surface area (TPSA) is 58.2 Å². The minimum absolute atomic E-state index is 0.0303. The molecule has 7 heteroatoms. The van der Waals surface area contributed by atoms with Gasteiger partial charge in [-0.25, -0.2) is 12.8 Å². The maximum Gasteiger partial charge on any atom is 0.261 e. The molecule has 1 aliphatic carbocycles. The predicted octanol–water partition coefficient (Wildman–Crippen LogP) is 6.11. The van der Waals surface area contributed by atoms with Crippen LogP contribution in [0.2, 0.25) is 5.02 Å². The van der Waals surface area contributed by atoms with Crippen LogP contribution in [-0.4, -0.2) is 8.42 Å². The molecule has 3 aromatic carbocycles. The molecular formula is C24H20ClFN2O2S. The first-order valence-electron chi connectivity index (χ1n) is 10.0. The lowest BCUT2D eigenvalue weighted by Crippen LogP contribution is -2.29. The number of halogens is 2. The highest BCUT2D eigenvalue weighted by Crippen LogP contribution is 2.50. The molecule has 1 aliphatic heterocycles. The van der Waals surface area contributed by atoms with Crippen molar-refractivity contribution in [3.05, 3.63) is 101 Å². The van der Waals surface area contributed by atoms with E-state index < -0.39 is 10.0 Å². The zero-order valence-electron chi connectivity index (χ0n) is 16.4. The monoisotopic (exact) mass is 454 g/mol.